The monoisotopic (exact) mass is 345 g/mol. The first kappa shape index (κ1) is 16.2. The second kappa shape index (κ2) is 6.92. The molecule has 3 aromatic rings. The van der Waals surface area contributed by atoms with E-state index in [1.54, 1.807) is 6.92 Å². The smallest absolute Gasteiger partial charge is 0.272 e. The molecule has 1 aliphatic heterocycles. The average Bonchev–Trinajstić information content (AvgIpc) is 3.11. The average molecular weight is 345 g/mol. The number of amides is 1. The van der Waals surface area contributed by atoms with E-state index in [1.165, 1.54) is 15.8 Å². The highest BCUT2D eigenvalue weighted by Gasteiger charge is 2.25. The Labute approximate surface area is 151 Å². The van der Waals surface area contributed by atoms with Crippen molar-refractivity contribution in [3.63, 3.8) is 0 Å². The number of nitrogens with zero attached hydrogens (tertiary/aromatic N) is 5. The van der Waals surface area contributed by atoms with Gasteiger partial charge in [0.15, 0.2) is 5.82 Å². The summed E-state index contributed by atoms with van der Waals surface area (Å²) in [6, 6.07) is 18.0. The largest absolute Gasteiger partial charge is 0.333 e. The number of rotatable bonds is 3. The number of carbonyl (C=O) groups is 1. The van der Waals surface area contributed by atoms with Crippen LogP contribution in [-0.2, 0) is 17.8 Å². The summed E-state index contributed by atoms with van der Waals surface area (Å²) < 4.78 is 1.51. The second-order valence-electron chi connectivity index (χ2n) is 6.32. The fourth-order valence-electron chi connectivity index (χ4n) is 3.21. The van der Waals surface area contributed by atoms with E-state index in [0.717, 1.165) is 12.0 Å². The molecule has 6 nitrogen and oxygen atoms in total. The number of fused-ring (bicyclic) bond motifs is 1. The Hall–Kier alpha value is -3.28. The van der Waals surface area contributed by atoms with Crippen molar-refractivity contribution in [3.8, 4) is 0 Å². The molecule has 1 aliphatic rings. The van der Waals surface area contributed by atoms with Crippen molar-refractivity contribution in [2.75, 3.05) is 6.54 Å². The Morgan fingerprint density at radius 3 is 2.50 bits per heavy atom. The van der Waals surface area contributed by atoms with E-state index in [1.807, 2.05) is 53.4 Å². The molecule has 4 rings (SSSR count). The van der Waals surface area contributed by atoms with Crippen molar-refractivity contribution in [1.29, 1.82) is 0 Å². The van der Waals surface area contributed by atoms with E-state index >= 15 is 0 Å². The lowest BCUT2D eigenvalue weighted by Crippen LogP contribution is -2.37. The van der Waals surface area contributed by atoms with Crippen LogP contribution in [0, 0.1) is 6.92 Å². The van der Waals surface area contributed by atoms with Crippen molar-refractivity contribution in [3.05, 3.63) is 77.1 Å². The Morgan fingerprint density at radius 1 is 1.04 bits per heavy atom. The van der Waals surface area contributed by atoms with Crippen LogP contribution in [0.25, 0.3) is 11.8 Å². The first-order valence-electron chi connectivity index (χ1n) is 8.60. The number of carbonyl (C=O) groups excluding carboxylic acids is 1. The quantitative estimate of drug-likeness (QED) is 0.685. The lowest BCUT2D eigenvalue weighted by atomic mass is 9.99. The van der Waals surface area contributed by atoms with Crippen molar-refractivity contribution in [2.24, 2.45) is 0 Å². The molecule has 0 saturated carbocycles. The summed E-state index contributed by atoms with van der Waals surface area (Å²) >= 11 is 0. The fourth-order valence-corrected chi connectivity index (χ4v) is 3.21. The molecule has 0 spiro atoms. The SMILES string of the molecule is Cc1nnnn1/C(=C\c1ccccc1)C(=O)N1CCc2ccccc2C1. The van der Waals surface area contributed by atoms with E-state index < -0.39 is 0 Å². The third-order valence-electron chi connectivity index (χ3n) is 4.59. The zero-order valence-corrected chi connectivity index (χ0v) is 14.5. The van der Waals surface area contributed by atoms with Crippen LogP contribution in [-0.4, -0.2) is 37.6 Å². The van der Waals surface area contributed by atoms with Crippen LogP contribution in [0.5, 0.6) is 0 Å². The highest BCUT2D eigenvalue weighted by Crippen LogP contribution is 2.22. The maximum Gasteiger partial charge on any atom is 0.272 e. The van der Waals surface area contributed by atoms with Crippen LogP contribution in [0.4, 0.5) is 0 Å². The molecule has 0 radical (unpaired) electrons. The number of hydrogen-bond donors (Lipinski definition) is 0. The minimum Gasteiger partial charge on any atom is -0.333 e. The molecule has 1 amide bonds. The topological polar surface area (TPSA) is 63.9 Å². The van der Waals surface area contributed by atoms with Crippen LogP contribution in [0.15, 0.2) is 54.6 Å². The number of aromatic nitrogens is 4. The summed E-state index contributed by atoms with van der Waals surface area (Å²) in [6.07, 6.45) is 2.70. The van der Waals surface area contributed by atoms with Crippen LogP contribution < -0.4 is 0 Å². The van der Waals surface area contributed by atoms with Gasteiger partial charge in [-0.2, -0.15) is 4.68 Å². The van der Waals surface area contributed by atoms with Gasteiger partial charge in [-0.05, 0) is 46.5 Å². The third-order valence-corrected chi connectivity index (χ3v) is 4.59. The van der Waals surface area contributed by atoms with E-state index in [-0.39, 0.29) is 5.91 Å². The zero-order chi connectivity index (χ0) is 17.9. The predicted octanol–water partition coefficient (Wildman–Crippen LogP) is 2.56. The van der Waals surface area contributed by atoms with Gasteiger partial charge in [-0.1, -0.05) is 54.6 Å². The molecule has 0 N–H and O–H groups in total. The summed E-state index contributed by atoms with van der Waals surface area (Å²) in [5, 5.41) is 11.6. The van der Waals surface area contributed by atoms with Gasteiger partial charge in [-0.15, -0.1) is 5.10 Å². The van der Waals surface area contributed by atoms with Crippen molar-refractivity contribution < 1.29 is 4.79 Å². The zero-order valence-electron chi connectivity index (χ0n) is 14.5. The molecule has 0 atom stereocenters. The summed E-state index contributed by atoms with van der Waals surface area (Å²) in [7, 11) is 0. The minimum atomic E-state index is -0.0706. The van der Waals surface area contributed by atoms with Gasteiger partial charge in [0.2, 0.25) is 0 Å². The van der Waals surface area contributed by atoms with Gasteiger partial charge in [0.05, 0.1) is 0 Å². The van der Waals surface area contributed by atoms with Gasteiger partial charge in [-0.3, -0.25) is 4.79 Å². The Morgan fingerprint density at radius 2 is 1.77 bits per heavy atom. The lowest BCUT2D eigenvalue weighted by molar-refractivity contribution is -0.126. The molecule has 0 aliphatic carbocycles. The van der Waals surface area contributed by atoms with Gasteiger partial charge in [-0.25, -0.2) is 0 Å². The van der Waals surface area contributed by atoms with Gasteiger partial charge in [0, 0.05) is 13.1 Å². The van der Waals surface area contributed by atoms with Gasteiger partial charge in [0.1, 0.15) is 5.70 Å². The molecular formula is C20H19N5O. The molecule has 0 saturated heterocycles. The van der Waals surface area contributed by atoms with Crippen LogP contribution in [0.1, 0.15) is 22.5 Å². The summed E-state index contributed by atoms with van der Waals surface area (Å²) in [5.41, 5.74) is 3.89. The fraction of sp³-hybridized carbons (Fsp3) is 0.200. The number of benzene rings is 2. The molecule has 2 aromatic carbocycles. The molecule has 0 unspecified atom stereocenters. The molecule has 2 heterocycles. The minimum absolute atomic E-state index is 0.0706. The maximum absolute atomic E-state index is 13.3. The molecular weight excluding hydrogens is 326 g/mol. The van der Waals surface area contributed by atoms with Crippen LogP contribution in [0.2, 0.25) is 0 Å². The lowest BCUT2D eigenvalue weighted by Gasteiger charge is -2.29. The Kier molecular flexibility index (Phi) is 4.31. The van der Waals surface area contributed by atoms with Crippen molar-refractivity contribution >= 4 is 17.7 Å². The van der Waals surface area contributed by atoms with Crippen molar-refractivity contribution in [1.82, 2.24) is 25.1 Å². The number of aryl methyl sites for hydroxylation is 1. The van der Waals surface area contributed by atoms with Crippen LogP contribution in [0.3, 0.4) is 0 Å². The van der Waals surface area contributed by atoms with E-state index in [0.29, 0.717) is 24.6 Å². The highest BCUT2D eigenvalue weighted by molar-refractivity contribution is 6.18. The molecule has 1 aromatic heterocycles. The number of hydrogen-bond acceptors (Lipinski definition) is 4. The summed E-state index contributed by atoms with van der Waals surface area (Å²) in [5.74, 6) is 0.511. The number of tetrazole rings is 1. The van der Waals surface area contributed by atoms with Gasteiger partial charge >= 0.3 is 0 Å². The van der Waals surface area contributed by atoms with E-state index in [4.69, 9.17) is 0 Å². The second-order valence-corrected chi connectivity index (χ2v) is 6.32. The molecule has 26 heavy (non-hydrogen) atoms. The normalized spacial score (nSPS) is 14.2. The Balaban J connectivity index is 1.70. The first-order chi connectivity index (χ1) is 12.7. The molecule has 0 bridgehead atoms. The Bertz CT molecular complexity index is 961. The maximum atomic E-state index is 13.3. The third kappa shape index (κ3) is 3.13. The first-order valence-corrected chi connectivity index (χ1v) is 8.60. The molecule has 0 fully saturated rings. The predicted molar refractivity (Wildman–Crippen MR) is 98.7 cm³/mol. The van der Waals surface area contributed by atoms with Gasteiger partial charge in [0.25, 0.3) is 5.91 Å². The highest BCUT2D eigenvalue weighted by atomic mass is 16.2. The van der Waals surface area contributed by atoms with E-state index in [2.05, 4.69) is 27.7 Å². The van der Waals surface area contributed by atoms with E-state index in [9.17, 15) is 4.79 Å². The van der Waals surface area contributed by atoms with Gasteiger partial charge < -0.3 is 4.90 Å². The van der Waals surface area contributed by atoms with Crippen LogP contribution >= 0.6 is 0 Å². The molecule has 6 heteroatoms. The standard InChI is InChI=1S/C20H19N5O/c1-15-21-22-23-25(15)19(13-16-7-3-2-4-8-16)20(26)24-12-11-17-9-5-6-10-18(17)14-24/h2-10,13H,11-12,14H2,1H3/b19-13-. The summed E-state index contributed by atoms with van der Waals surface area (Å²) in [4.78, 5) is 15.2. The van der Waals surface area contributed by atoms with Crippen molar-refractivity contribution in [2.45, 2.75) is 19.9 Å². The summed E-state index contributed by atoms with van der Waals surface area (Å²) in [6.45, 7) is 3.07. The molecule has 130 valence electrons.